The van der Waals surface area contributed by atoms with E-state index in [0.717, 1.165) is 5.56 Å². The summed E-state index contributed by atoms with van der Waals surface area (Å²) in [6.07, 6.45) is 4.25. The van der Waals surface area contributed by atoms with Crippen LogP contribution in [-0.2, 0) is 11.3 Å². The van der Waals surface area contributed by atoms with E-state index < -0.39 is 0 Å². The lowest BCUT2D eigenvalue weighted by Crippen LogP contribution is -2.47. The molecular formula is C27H29ClN4O5. The van der Waals surface area contributed by atoms with Crippen molar-refractivity contribution in [3.05, 3.63) is 70.8 Å². The highest BCUT2D eigenvalue weighted by Gasteiger charge is 2.40. The van der Waals surface area contributed by atoms with Crippen LogP contribution in [-0.4, -0.2) is 47.7 Å². The molecule has 1 fully saturated rings. The number of hydrogen-bond donors (Lipinski definition) is 1. The van der Waals surface area contributed by atoms with Crippen molar-refractivity contribution in [3.8, 4) is 28.7 Å². The normalized spacial score (nSPS) is 18.8. The Bertz CT molecular complexity index is 1340. The molecule has 2 atom stereocenters. The minimum absolute atomic E-state index is 0.0134. The smallest absolute Gasteiger partial charge is 0.251 e. The zero-order valence-corrected chi connectivity index (χ0v) is 21.9. The van der Waals surface area contributed by atoms with E-state index in [2.05, 4.69) is 10.4 Å². The maximum atomic E-state index is 13.4. The zero-order chi connectivity index (χ0) is 26.1. The number of nitrogens with zero attached hydrogens (tertiary/aromatic N) is 3. The average molecular weight is 525 g/mol. The summed E-state index contributed by atoms with van der Waals surface area (Å²) in [5.41, 5.74) is 5.79. The molecule has 2 aliphatic heterocycles. The van der Waals surface area contributed by atoms with Gasteiger partial charge in [0.2, 0.25) is 5.89 Å². The van der Waals surface area contributed by atoms with Crippen LogP contribution in [0.4, 0.5) is 0 Å². The first kappa shape index (κ1) is 25.0. The van der Waals surface area contributed by atoms with Gasteiger partial charge in [-0.1, -0.05) is 17.7 Å². The van der Waals surface area contributed by atoms with Crippen molar-refractivity contribution in [1.29, 1.82) is 0 Å². The van der Waals surface area contributed by atoms with Crippen LogP contribution in [0.15, 0.2) is 53.2 Å². The third-order valence-electron chi connectivity index (χ3n) is 6.59. The maximum Gasteiger partial charge on any atom is 0.251 e. The highest BCUT2D eigenvalue weighted by Crippen LogP contribution is 2.36. The number of aromatic nitrogens is 1. The van der Waals surface area contributed by atoms with Gasteiger partial charge >= 0.3 is 0 Å². The summed E-state index contributed by atoms with van der Waals surface area (Å²) in [6, 6.07) is 10.8. The molecule has 3 heterocycles. The number of amides is 1. The Kier molecular flexibility index (Phi) is 6.99. The van der Waals surface area contributed by atoms with Gasteiger partial charge in [0.05, 0.1) is 44.0 Å². The number of benzene rings is 2. The lowest BCUT2D eigenvalue weighted by atomic mass is 10.0. The van der Waals surface area contributed by atoms with Crippen LogP contribution in [0.1, 0.15) is 36.4 Å². The minimum Gasteiger partial charge on any atom is -0.497 e. The summed E-state index contributed by atoms with van der Waals surface area (Å²) >= 11 is 6.39. The number of aryl methyl sites for hydroxylation is 1. The first-order valence-electron chi connectivity index (χ1n) is 12.1. The number of oxazole rings is 1. The second-order valence-electron chi connectivity index (χ2n) is 8.82. The van der Waals surface area contributed by atoms with Gasteiger partial charge < -0.3 is 28.5 Å². The molecule has 0 bridgehead atoms. The summed E-state index contributed by atoms with van der Waals surface area (Å²) in [5, 5.41) is 2.41. The van der Waals surface area contributed by atoms with Crippen molar-refractivity contribution >= 4 is 17.5 Å². The Labute approximate surface area is 220 Å². The Hall–Kier alpha value is -3.69. The van der Waals surface area contributed by atoms with Gasteiger partial charge in [-0.05, 0) is 50.1 Å². The van der Waals surface area contributed by atoms with Gasteiger partial charge in [-0.3, -0.25) is 4.79 Å². The average Bonchev–Trinajstić information content (AvgIpc) is 3.50. The molecule has 9 nitrogen and oxygen atoms in total. The SMILES string of the molecule is CCOc1ccc(C2CC3C(=O)N(Cc4nc(-c5ccc(OC)cc5OC)oc4C)C=CN3N2)cc1Cl. The number of fused-ring (bicyclic) bond motifs is 1. The molecule has 1 N–H and O–H groups in total. The number of methoxy groups -OCH3 is 2. The molecule has 0 radical (unpaired) electrons. The largest absolute Gasteiger partial charge is 0.497 e. The summed E-state index contributed by atoms with van der Waals surface area (Å²) in [4.78, 5) is 19.8. The summed E-state index contributed by atoms with van der Waals surface area (Å²) in [6.45, 7) is 4.61. The van der Waals surface area contributed by atoms with E-state index in [0.29, 0.717) is 64.8 Å². The third kappa shape index (κ3) is 4.84. The van der Waals surface area contributed by atoms with Crippen LogP contribution in [0.25, 0.3) is 11.5 Å². The first-order valence-corrected chi connectivity index (χ1v) is 12.4. The summed E-state index contributed by atoms with van der Waals surface area (Å²) in [7, 11) is 3.18. The van der Waals surface area contributed by atoms with Gasteiger partial charge in [0.25, 0.3) is 5.91 Å². The van der Waals surface area contributed by atoms with E-state index >= 15 is 0 Å². The van der Waals surface area contributed by atoms with Gasteiger partial charge in [0, 0.05) is 18.5 Å². The molecule has 2 aliphatic rings. The van der Waals surface area contributed by atoms with Crippen molar-refractivity contribution in [1.82, 2.24) is 20.3 Å². The number of rotatable bonds is 8. The van der Waals surface area contributed by atoms with Crippen molar-refractivity contribution in [3.63, 3.8) is 0 Å². The van der Waals surface area contributed by atoms with Gasteiger partial charge in [0.15, 0.2) is 0 Å². The molecule has 3 aromatic rings. The predicted molar refractivity (Wildman–Crippen MR) is 138 cm³/mol. The van der Waals surface area contributed by atoms with Gasteiger partial charge in [-0.15, -0.1) is 0 Å². The molecule has 2 unspecified atom stereocenters. The molecule has 0 spiro atoms. The number of carbonyl (C=O) groups is 1. The molecule has 5 rings (SSSR count). The Balaban J connectivity index is 1.30. The Morgan fingerprint density at radius 1 is 1.14 bits per heavy atom. The van der Waals surface area contributed by atoms with E-state index in [1.807, 2.05) is 55.4 Å². The topological polar surface area (TPSA) is 89.3 Å². The first-order chi connectivity index (χ1) is 17.9. The van der Waals surface area contributed by atoms with Crippen LogP contribution < -0.4 is 19.6 Å². The predicted octanol–water partition coefficient (Wildman–Crippen LogP) is 4.85. The highest BCUT2D eigenvalue weighted by molar-refractivity contribution is 6.32. The Morgan fingerprint density at radius 2 is 1.97 bits per heavy atom. The van der Waals surface area contributed by atoms with E-state index in [1.54, 1.807) is 31.4 Å². The van der Waals surface area contributed by atoms with Crippen molar-refractivity contribution in [2.75, 3.05) is 20.8 Å². The van der Waals surface area contributed by atoms with Gasteiger partial charge in [-0.2, -0.15) is 0 Å². The summed E-state index contributed by atoms with van der Waals surface area (Å²) < 4.78 is 22.3. The zero-order valence-electron chi connectivity index (χ0n) is 21.2. The van der Waals surface area contributed by atoms with Crippen molar-refractivity contribution in [2.24, 2.45) is 0 Å². The van der Waals surface area contributed by atoms with E-state index in [9.17, 15) is 4.79 Å². The van der Waals surface area contributed by atoms with Crippen LogP contribution in [0.2, 0.25) is 5.02 Å². The minimum atomic E-state index is -0.339. The standard InChI is InChI=1S/C27H29ClN4O5/c1-5-36-24-9-6-17(12-20(24)28)21-14-23-27(33)31(10-11-32(23)30-21)15-22-16(2)37-26(29-22)19-8-7-18(34-3)13-25(19)35-4/h6-13,21,23,30H,5,14-15H2,1-4H3. The lowest BCUT2D eigenvalue weighted by molar-refractivity contribution is -0.135. The van der Waals surface area contributed by atoms with Crippen molar-refractivity contribution < 1.29 is 23.4 Å². The molecule has 0 aliphatic carbocycles. The van der Waals surface area contributed by atoms with Crippen LogP contribution in [0.5, 0.6) is 17.2 Å². The number of halogens is 1. The second-order valence-corrected chi connectivity index (χ2v) is 9.22. The number of ether oxygens (including phenoxy) is 3. The fraction of sp³-hybridized carbons (Fsp3) is 0.333. The fourth-order valence-electron chi connectivity index (χ4n) is 4.62. The van der Waals surface area contributed by atoms with Crippen LogP contribution >= 0.6 is 11.6 Å². The number of hydrazine groups is 1. The molecule has 2 aromatic carbocycles. The molecule has 1 aromatic heterocycles. The van der Waals surface area contributed by atoms with Crippen LogP contribution in [0.3, 0.4) is 0 Å². The van der Waals surface area contributed by atoms with E-state index in [1.165, 1.54) is 0 Å². The molecule has 1 amide bonds. The van der Waals surface area contributed by atoms with Gasteiger partial charge in [-0.25, -0.2) is 10.4 Å². The maximum absolute atomic E-state index is 13.4. The fourth-order valence-corrected chi connectivity index (χ4v) is 4.86. The summed E-state index contributed by atoms with van der Waals surface area (Å²) in [5.74, 6) is 2.98. The molecule has 37 heavy (non-hydrogen) atoms. The number of hydrogen-bond acceptors (Lipinski definition) is 8. The van der Waals surface area contributed by atoms with Gasteiger partial charge in [0.1, 0.15) is 34.7 Å². The van der Waals surface area contributed by atoms with Crippen molar-refractivity contribution in [2.45, 2.75) is 38.9 Å². The number of nitrogens with one attached hydrogen (secondary N) is 1. The van der Waals surface area contributed by atoms with Crippen LogP contribution in [0, 0.1) is 6.92 Å². The third-order valence-corrected chi connectivity index (χ3v) is 6.88. The Morgan fingerprint density at radius 3 is 2.70 bits per heavy atom. The van der Waals surface area contributed by atoms with E-state index in [4.69, 9.17) is 30.2 Å². The molecule has 194 valence electrons. The molecule has 0 saturated carbocycles. The molecule has 1 saturated heterocycles. The highest BCUT2D eigenvalue weighted by atomic mass is 35.5. The molecule has 10 heteroatoms. The second kappa shape index (κ2) is 10.4. The van der Waals surface area contributed by atoms with E-state index in [-0.39, 0.29) is 18.0 Å². The lowest BCUT2D eigenvalue weighted by Gasteiger charge is -2.31. The monoisotopic (exact) mass is 524 g/mol. The number of carbonyl (C=O) groups excluding carboxylic acids is 1. The quantitative estimate of drug-likeness (QED) is 0.447. The molecular weight excluding hydrogens is 496 g/mol.